The van der Waals surface area contributed by atoms with Crippen LogP contribution in [-0.4, -0.2) is 19.7 Å². The van der Waals surface area contributed by atoms with Gasteiger partial charge < -0.3 is 9.47 Å². The fourth-order valence-electron chi connectivity index (χ4n) is 2.50. The van der Waals surface area contributed by atoms with E-state index in [1.807, 2.05) is 45.0 Å². The monoisotopic (exact) mass is 246 g/mol. The number of ether oxygens (including phenoxy) is 2. The third-order valence-electron chi connectivity index (χ3n) is 3.73. The molecule has 0 saturated carbocycles. The van der Waals surface area contributed by atoms with Crippen LogP contribution in [0, 0.1) is 0 Å². The number of carbonyl (C=O) groups is 1. The van der Waals surface area contributed by atoms with Crippen LogP contribution in [0.2, 0.25) is 0 Å². The van der Waals surface area contributed by atoms with Crippen LogP contribution in [-0.2, 0) is 14.9 Å². The molecular formula is C15H18O3. The molecule has 0 fully saturated rings. The lowest BCUT2D eigenvalue weighted by molar-refractivity contribution is -0.145. The van der Waals surface area contributed by atoms with E-state index in [0.717, 1.165) is 22.5 Å². The van der Waals surface area contributed by atoms with Crippen LogP contribution in [0.5, 0.6) is 5.75 Å². The Bertz CT molecular complexity index is 485. The molecule has 0 amide bonds. The van der Waals surface area contributed by atoms with Crippen molar-refractivity contribution in [2.75, 3.05) is 13.7 Å². The number of hydrogen-bond acceptors (Lipinski definition) is 3. The molecule has 1 aromatic carbocycles. The van der Waals surface area contributed by atoms with Crippen LogP contribution >= 0.6 is 0 Å². The first-order valence-electron chi connectivity index (χ1n) is 6.09. The van der Waals surface area contributed by atoms with Crippen molar-refractivity contribution in [2.24, 2.45) is 0 Å². The van der Waals surface area contributed by atoms with Gasteiger partial charge in [0.05, 0.1) is 13.7 Å². The number of rotatable bonds is 4. The highest BCUT2D eigenvalue weighted by Crippen LogP contribution is 2.54. The molecule has 18 heavy (non-hydrogen) atoms. The number of benzene rings is 1. The van der Waals surface area contributed by atoms with Crippen molar-refractivity contribution in [1.82, 2.24) is 0 Å². The molecular weight excluding hydrogens is 228 g/mol. The first-order chi connectivity index (χ1) is 8.58. The summed E-state index contributed by atoms with van der Waals surface area (Å²) in [7, 11) is 1.63. The predicted octanol–water partition coefficient (Wildman–Crippen LogP) is 2.85. The van der Waals surface area contributed by atoms with Gasteiger partial charge >= 0.3 is 5.97 Å². The van der Waals surface area contributed by atoms with E-state index in [1.54, 1.807) is 7.11 Å². The van der Waals surface area contributed by atoms with Gasteiger partial charge in [0.1, 0.15) is 11.2 Å². The molecule has 2 rings (SSSR count). The maximum Gasteiger partial charge on any atom is 0.324 e. The lowest BCUT2D eigenvalue weighted by Gasteiger charge is -2.18. The number of methoxy groups -OCH3 is 1. The van der Waals surface area contributed by atoms with Crippen molar-refractivity contribution in [3.63, 3.8) is 0 Å². The van der Waals surface area contributed by atoms with Gasteiger partial charge in [-0.1, -0.05) is 12.1 Å². The fraction of sp³-hybridized carbons (Fsp3) is 0.400. The largest absolute Gasteiger partial charge is 0.497 e. The van der Waals surface area contributed by atoms with Gasteiger partial charge in [0.2, 0.25) is 0 Å². The highest BCUT2D eigenvalue weighted by molar-refractivity contribution is 5.98. The Morgan fingerprint density at radius 1 is 1.17 bits per heavy atom. The number of carbonyl (C=O) groups excluding carboxylic acids is 1. The third-order valence-corrected chi connectivity index (χ3v) is 3.73. The molecule has 0 bridgehead atoms. The normalized spacial score (nSPS) is 16.4. The zero-order chi connectivity index (χ0) is 13.3. The van der Waals surface area contributed by atoms with Gasteiger partial charge in [-0.25, -0.2) is 0 Å². The highest BCUT2D eigenvalue weighted by atomic mass is 16.5. The predicted molar refractivity (Wildman–Crippen MR) is 69.7 cm³/mol. The lowest BCUT2D eigenvalue weighted by Crippen LogP contribution is -2.27. The van der Waals surface area contributed by atoms with Gasteiger partial charge in [-0.3, -0.25) is 4.79 Å². The molecule has 3 heteroatoms. The van der Waals surface area contributed by atoms with Crippen molar-refractivity contribution >= 4 is 5.97 Å². The van der Waals surface area contributed by atoms with Crippen LogP contribution in [0.3, 0.4) is 0 Å². The molecule has 1 aromatic rings. The Labute approximate surface area is 107 Å². The van der Waals surface area contributed by atoms with Crippen molar-refractivity contribution < 1.29 is 14.3 Å². The van der Waals surface area contributed by atoms with Gasteiger partial charge in [0, 0.05) is 0 Å². The van der Waals surface area contributed by atoms with Crippen molar-refractivity contribution in [2.45, 2.75) is 26.2 Å². The second-order valence-corrected chi connectivity index (χ2v) is 4.45. The molecule has 0 saturated heterocycles. The second-order valence-electron chi connectivity index (χ2n) is 4.45. The zero-order valence-corrected chi connectivity index (χ0v) is 11.2. The van der Waals surface area contributed by atoms with E-state index < -0.39 is 5.41 Å². The Kier molecular flexibility index (Phi) is 3.16. The molecule has 1 aliphatic carbocycles. The van der Waals surface area contributed by atoms with Crippen molar-refractivity contribution in [3.05, 3.63) is 41.0 Å². The first kappa shape index (κ1) is 12.7. The summed E-state index contributed by atoms with van der Waals surface area (Å²) < 4.78 is 10.3. The maximum atomic E-state index is 12.2. The molecule has 0 aromatic heterocycles. The van der Waals surface area contributed by atoms with Crippen LogP contribution in [0.1, 0.15) is 26.3 Å². The molecule has 0 N–H and O–H groups in total. The fourth-order valence-corrected chi connectivity index (χ4v) is 2.50. The lowest BCUT2D eigenvalue weighted by atomic mass is 9.88. The average Bonchev–Trinajstić information content (AvgIpc) is 2.93. The first-order valence-corrected chi connectivity index (χ1v) is 6.09. The van der Waals surface area contributed by atoms with Gasteiger partial charge in [0.15, 0.2) is 0 Å². The van der Waals surface area contributed by atoms with Crippen LogP contribution in [0.25, 0.3) is 0 Å². The molecule has 0 heterocycles. The van der Waals surface area contributed by atoms with E-state index in [9.17, 15) is 4.79 Å². The summed E-state index contributed by atoms with van der Waals surface area (Å²) in [5.74, 6) is 0.610. The molecule has 0 unspecified atom stereocenters. The quantitative estimate of drug-likeness (QED) is 0.605. The molecule has 96 valence electrons. The summed E-state index contributed by atoms with van der Waals surface area (Å²) in [6.07, 6.45) is 0. The van der Waals surface area contributed by atoms with Crippen LogP contribution in [0.4, 0.5) is 0 Å². The minimum Gasteiger partial charge on any atom is -0.497 e. The van der Waals surface area contributed by atoms with E-state index >= 15 is 0 Å². The van der Waals surface area contributed by atoms with Crippen molar-refractivity contribution in [3.8, 4) is 5.75 Å². The van der Waals surface area contributed by atoms with E-state index in [1.165, 1.54) is 0 Å². The van der Waals surface area contributed by atoms with Crippen LogP contribution in [0.15, 0.2) is 35.4 Å². The minimum absolute atomic E-state index is 0.176. The van der Waals surface area contributed by atoms with E-state index in [-0.39, 0.29) is 5.97 Å². The summed E-state index contributed by atoms with van der Waals surface area (Å²) in [5, 5.41) is 0. The van der Waals surface area contributed by atoms with E-state index in [0.29, 0.717) is 6.61 Å². The Balaban J connectivity index is 2.35. The summed E-state index contributed by atoms with van der Waals surface area (Å²) in [5.41, 5.74) is 2.51. The molecule has 1 aliphatic rings. The number of hydrogen-bond donors (Lipinski definition) is 0. The molecule has 3 nitrogen and oxygen atoms in total. The summed E-state index contributed by atoms with van der Waals surface area (Å²) >= 11 is 0. The zero-order valence-electron chi connectivity index (χ0n) is 11.2. The molecule has 0 atom stereocenters. The Morgan fingerprint density at radius 2 is 1.72 bits per heavy atom. The average molecular weight is 246 g/mol. The van der Waals surface area contributed by atoms with Crippen molar-refractivity contribution in [1.29, 1.82) is 0 Å². The SMILES string of the molecule is CCOC(=O)C1(c2ccc(OC)cc2)C(C)=C1C. The smallest absolute Gasteiger partial charge is 0.324 e. The minimum atomic E-state index is -0.623. The van der Waals surface area contributed by atoms with E-state index in [2.05, 4.69) is 0 Å². The Hall–Kier alpha value is -1.77. The standard InChI is InChI=1S/C15H18O3/c1-5-18-14(16)15(10(2)11(15)3)12-6-8-13(17-4)9-7-12/h6-9H,5H2,1-4H3. The third kappa shape index (κ3) is 1.62. The maximum absolute atomic E-state index is 12.2. The molecule has 0 spiro atoms. The summed E-state index contributed by atoms with van der Waals surface area (Å²) in [6.45, 7) is 6.19. The van der Waals surface area contributed by atoms with Gasteiger partial charge in [-0.15, -0.1) is 0 Å². The second kappa shape index (κ2) is 4.48. The highest BCUT2D eigenvalue weighted by Gasteiger charge is 2.56. The molecule has 0 aliphatic heterocycles. The summed E-state index contributed by atoms with van der Waals surface area (Å²) in [4.78, 5) is 12.2. The van der Waals surface area contributed by atoms with Gasteiger partial charge in [0.25, 0.3) is 0 Å². The Morgan fingerprint density at radius 3 is 2.11 bits per heavy atom. The van der Waals surface area contributed by atoms with Gasteiger partial charge in [-0.05, 0) is 49.6 Å². The number of esters is 1. The molecule has 0 radical (unpaired) electrons. The summed E-state index contributed by atoms with van der Waals surface area (Å²) in [6, 6.07) is 7.59. The van der Waals surface area contributed by atoms with Gasteiger partial charge in [-0.2, -0.15) is 0 Å². The van der Waals surface area contributed by atoms with E-state index in [4.69, 9.17) is 9.47 Å². The van der Waals surface area contributed by atoms with Crippen LogP contribution < -0.4 is 4.74 Å². The topological polar surface area (TPSA) is 35.5 Å².